The molecule has 0 bridgehead atoms. The summed E-state index contributed by atoms with van der Waals surface area (Å²) in [6.07, 6.45) is 0.658. The predicted molar refractivity (Wildman–Crippen MR) is 130 cm³/mol. The lowest BCUT2D eigenvalue weighted by Gasteiger charge is -2.13. The number of amides is 1. The third-order valence-corrected chi connectivity index (χ3v) is 5.09. The molecule has 1 amide bonds. The third kappa shape index (κ3) is 5.27. The van der Waals surface area contributed by atoms with E-state index in [1.807, 2.05) is 61.5 Å². The molecular weight excluding hydrogens is 416 g/mol. The first-order chi connectivity index (χ1) is 16.1. The second-order valence-electron chi connectivity index (χ2n) is 7.37. The molecule has 4 aromatic rings. The van der Waals surface area contributed by atoms with Crippen molar-refractivity contribution in [1.29, 1.82) is 0 Å². The highest BCUT2D eigenvalue weighted by Crippen LogP contribution is 2.25. The molecule has 0 radical (unpaired) electrons. The number of nitrogens with zero attached hydrogens (tertiary/aromatic N) is 1. The molecule has 1 aromatic heterocycles. The number of rotatable bonds is 7. The van der Waals surface area contributed by atoms with E-state index in [4.69, 9.17) is 4.74 Å². The zero-order chi connectivity index (χ0) is 23.2. The Labute approximate surface area is 191 Å². The van der Waals surface area contributed by atoms with Gasteiger partial charge in [0.05, 0.1) is 18.4 Å². The summed E-state index contributed by atoms with van der Waals surface area (Å²) in [6.45, 7) is 1.94. The van der Waals surface area contributed by atoms with Gasteiger partial charge in [-0.3, -0.25) is 9.59 Å². The Morgan fingerprint density at radius 3 is 2.52 bits per heavy atom. The van der Waals surface area contributed by atoms with E-state index >= 15 is 0 Å². The minimum absolute atomic E-state index is 0.204. The first-order valence-electron chi connectivity index (χ1n) is 10.6. The fraction of sp³-hybridized carbons (Fsp3) is 0.115. The second-order valence-corrected chi connectivity index (χ2v) is 7.37. The summed E-state index contributed by atoms with van der Waals surface area (Å²) in [6, 6.07) is 23.5. The maximum Gasteiger partial charge on any atom is 0.257 e. The second kappa shape index (κ2) is 9.82. The summed E-state index contributed by atoms with van der Waals surface area (Å²) < 4.78 is 5.19. The first-order valence-corrected chi connectivity index (χ1v) is 10.6. The van der Waals surface area contributed by atoms with E-state index in [2.05, 4.69) is 20.6 Å². The van der Waals surface area contributed by atoms with Crippen LogP contribution in [0.1, 0.15) is 23.0 Å². The number of carbonyl (C=O) groups is 1. The van der Waals surface area contributed by atoms with Gasteiger partial charge in [-0.15, -0.1) is 0 Å². The quantitative estimate of drug-likeness (QED) is 0.376. The number of H-pyrrole nitrogens is 1. The van der Waals surface area contributed by atoms with Crippen molar-refractivity contribution in [2.45, 2.75) is 13.3 Å². The van der Waals surface area contributed by atoms with E-state index in [9.17, 15) is 9.59 Å². The molecule has 33 heavy (non-hydrogen) atoms. The highest BCUT2D eigenvalue weighted by molar-refractivity contribution is 6.08. The van der Waals surface area contributed by atoms with Crippen molar-refractivity contribution >= 4 is 23.0 Å². The summed E-state index contributed by atoms with van der Waals surface area (Å²) in [5.74, 6) is 0.969. The van der Waals surface area contributed by atoms with E-state index in [0.717, 1.165) is 11.4 Å². The normalized spacial score (nSPS) is 10.5. The molecule has 4 rings (SSSR count). The number of carbonyl (C=O) groups excluding carboxylic acids is 1. The molecule has 1 heterocycles. The largest absolute Gasteiger partial charge is 0.497 e. The fourth-order valence-electron chi connectivity index (χ4n) is 3.39. The van der Waals surface area contributed by atoms with Crippen molar-refractivity contribution in [3.8, 4) is 17.1 Å². The van der Waals surface area contributed by atoms with Crippen LogP contribution in [0.5, 0.6) is 5.75 Å². The molecule has 0 fully saturated rings. The van der Waals surface area contributed by atoms with Crippen LogP contribution in [0.4, 0.5) is 17.1 Å². The van der Waals surface area contributed by atoms with E-state index < -0.39 is 0 Å². The Kier molecular flexibility index (Phi) is 6.50. The Morgan fingerprint density at radius 2 is 1.76 bits per heavy atom. The van der Waals surface area contributed by atoms with Crippen molar-refractivity contribution in [3.05, 3.63) is 100 Å². The van der Waals surface area contributed by atoms with Gasteiger partial charge in [0.2, 0.25) is 0 Å². The Morgan fingerprint density at radius 1 is 0.970 bits per heavy atom. The molecule has 0 spiro atoms. The minimum Gasteiger partial charge on any atom is -0.497 e. The van der Waals surface area contributed by atoms with Crippen molar-refractivity contribution in [3.63, 3.8) is 0 Å². The van der Waals surface area contributed by atoms with Gasteiger partial charge < -0.3 is 20.4 Å². The number of aromatic amines is 1. The topological polar surface area (TPSA) is 96.1 Å². The van der Waals surface area contributed by atoms with Gasteiger partial charge in [-0.2, -0.15) is 0 Å². The van der Waals surface area contributed by atoms with Gasteiger partial charge in [0.1, 0.15) is 11.6 Å². The van der Waals surface area contributed by atoms with E-state index in [-0.39, 0.29) is 11.5 Å². The molecule has 0 unspecified atom stereocenters. The highest BCUT2D eigenvalue weighted by atomic mass is 16.5. The lowest BCUT2D eigenvalue weighted by atomic mass is 10.1. The molecule has 0 aliphatic rings. The number of para-hydroxylation sites is 1. The molecule has 0 aliphatic carbocycles. The zero-order valence-corrected chi connectivity index (χ0v) is 18.4. The number of benzene rings is 3. The Balaban J connectivity index is 1.56. The van der Waals surface area contributed by atoms with Crippen LogP contribution in [-0.4, -0.2) is 23.0 Å². The number of ether oxygens (including phenoxy) is 1. The van der Waals surface area contributed by atoms with E-state index in [0.29, 0.717) is 40.4 Å². The summed E-state index contributed by atoms with van der Waals surface area (Å²) in [5.41, 5.74) is 3.83. The van der Waals surface area contributed by atoms with Crippen LogP contribution in [0, 0.1) is 0 Å². The van der Waals surface area contributed by atoms with Gasteiger partial charge in [0.15, 0.2) is 0 Å². The average Bonchev–Trinajstić information content (AvgIpc) is 2.84. The minimum atomic E-state index is -0.257. The van der Waals surface area contributed by atoms with Crippen LogP contribution in [0.2, 0.25) is 0 Å². The first kappa shape index (κ1) is 21.8. The van der Waals surface area contributed by atoms with Crippen molar-refractivity contribution < 1.29 is 9.53 Å². The van der Waals surface area contributed by atoms with Gasteiger partial charge in [-0.05, 0) is 55.0 Å². The van der Waals surface area contributed by atoms with Gasteiger partial charge >= 0.3 is 0 Å². The van der Waals surface area contributed by atoms with Crippen LogP contribution in [0.15, 0.2) is 83.7 Å². The Bertz CT molecular complexity index is 1330. The van der Waals surface area contributed by atoms with E-state index in [1.165, 1.54) is 6.07 Å². The van der Waals surface area contributed by atoms with Gasteiger partial charge in [0, 0.05) is 28.7 Å². The fourth-order valence-corrected chi connectivity index (χ4v) is 3.39. The van der Waals surface area contributed by atoms with E-state index in [1.54, 1.807) is 25.3 Å². The van der Waals surface area contributed by atoms with Gasteiger partial charge in [0.25, 0.3) is 11.5 Å². The monoisotopic (exact) mass is 440 g/mol. The van der Waals surface area contributed by atoms with Gasteiger partial charge in [-0.25, -0.2) is 4.98 Å². The highest BCUT2D eigenvalue weighted by Gasteiger charge is 2.13. The number of hydrogen-bond donors (Lipinski definition) is 3. The maximum atomic E-state index is 13.1. The summed E-state index contributed by atoms with van der Waals surface area (Å²) in [4.78, 5) is 32.3. The smallest absolute Gasteiger partial charge is 0.257 e. The lowest BCUT2D eigenvalue weighted by Crippen LogP contribution is -2.14. The zero-order valence-electron chi connectivity index (χ0n) is 18.4. The number of aryl methyl sites for hydroxylation is 1. The van der Waals surface area contributed by atoms with Crippen molar-refractivity contribution in [1.82, 2.24) is 9.97 Å². The number of nitrogens with one attached hydrogen (secondary N) is 3. The molecule has 7 heteroatoms. The molecule has 0 saturated carbocycles. The molecule has 0 aliphatic heterocycles. The molecule has 3 N–H and O–H groups in total. The van der Waals surface area contributed by atoms with Crippen molar-refractivity contribution in [2.75, 3.05) is 17.7 Å². The standard InChI is InChI=1S/C26H24N4O3/c1-3-18-16-24(31)30-25(28-18)17-7-6-8-20(15-17)29-26(32)22-9-4-5-10-23(22)27-19-11-13-21(33-2)14-12-19/h4-16,27H,3H2,1-2H3,(H,29,32)(H,28,30,31). The lowest BCUT2D eigenvalue weighted by molar-refractivity contribution is 0.102. The van der Waals surface area contributed by atoms with Crippen LogP contribution in [0.25, 0.3) is 11.4 Å². The van der Waals surface area contributed by atoms with Crippen molar-refractivity contribution in [2.24, 2.45) is 0 Å². The number of methoxy groups -OCH3 is 1. The average molecular weight is 441 g/mol. The van der Waals surface area contributed by atoms with Crippen LogP contribution >= 0.6 is 0 Å². The third-order valence-electron chi connectivity index (χ3n) is 5.09. The maximum absolute atomic E-state index is 13.1. The van der Waals surface area contributed by atoms with Crippen LogP contribution in [0.3, 0.4) is 0 Å². The molecule has 166 valence electrons. The number of aromatic nitrogens is 2. The number of hydrogen-bond acceptors (Lipinski definition) is 5. The summed E-state index contributed by atoms with van der Waals surface area (Å²) >= 11 is 0. The summed E-state index contributed by atoms with van der Waals surface area (Å²) in [7, 11) is 1.62. The molecule has 0 saturated heterocycles. The molecule has 7 nitrogen and oxygen atoms in total. The Hall–Kier alpha value is -4.39. The predicted octanol–water partition coefficient (Wildman–Crippen LogP) is 5.00. The number of anilines is 3. The summed E-state index contributed by atoms with van der Waals surface area (Å²) in [5, 5.41) is 6.22. The van der Waals surface area contributed by atoms with Crippen LogP contribution < -0.4 is 20.9 Å². The van der Waals surface area contributed by atoms with Crippen LogP contribution in [-0.2, 0) is 6.42 Å². The molecule has 0 atom stereocenters. The van der Waals surface area contributed by atoms with Gasteiger partial charge in [-0.1, -0.05) is 31.2 Å². The molecule has 3 aromatic carbocycles. The molecular formula is C26H24N4O3. The SMILES string of the molecule is CCc1cc(=O)[nH]c(-c2cccc(NC(=O)c3ccccc3Nc3ccc(OC)cc3)c2)n1.